The van der Waals surface area contributed by atoms with Gasteiger partial charge < -0.3 is 10.4 Å². The molecule has 0 aliphatic carbocycles. The molecule has 18 heavy (non-hydrogen) atoms. The van der Waals surface area contributed by atoms with E-state index in [0.29, 0.717) is 6.42 Å². The lowest BCUT2D eigenvalue weighted by Crippen LogP contribution is -2.26. The normalized spacial score (nSPS) is 10.3. The predicted octanol–water partition coefficient (Wildman–Crippen LogP) is 2.21. The zero-order valence-electron chi connectivity index (χ0n) is 11.1. The number of unbranched alkanes of at least 4 members (excludes halogenated alkanes) is 3. The Morgan fingerprint density at radius 3 is 2.44 bits per heavy atom. The molecule has 1 rings (SSSR count). The van der Waals surface area contributed by atoms with Crippen molar-refractivity contribution in [1.29, 1.82) is 0 Å². The summed E-state index contributed by atoms with van der Waals surface area (Å²) in [6, 6.07) is 8.04. The predicted molar refractivity (Wildman–Crippen MR) is 73.4 cm³/mol. The summed E-state index contributed by atoms with van der Waals surface area (Å²) >= 11 is 0. The molecule has 0 heterocycles. The van der Waals surface area contributed by atoms with Crippen molar-refractivity contribution >= 4 is 5.91 Å². The largest absolute Gasteiger partial charge is 0.396 e. The van der Waals surface area contributed by atoms with Gasteiger partial charge in [-0.3, -0.25) is 4.79 Å². The van der Waals surface area contributed by atoms with Crippen LogP contribution in [0.5, 0.6) is 0 Å². The summed E-state index contributed by atoms with van der Waals surface area (Å²) in [6.45, 7) is 3.03. The van der Waals surface area contributed by atoms with Gasteiger partial charge in [0.2, 0.25) is 5.91 Å². The third kappa shape index (κ3) is 6.40. The van der Waals surface area contributed by atoms with Crippen LogP contribution in [0.25, 0.3) is 0 Å². The van der Waals surface area contributed by atoms with Gasteiger partial charge >= 0.3 is 0 Å². The Hall–Kier alpha value is -1.35. The molecule has 0 radical (unpaired) electrons. The van der Waals surface area contributed by atoms with Crippen LogP contribution in [0.15, 0.2) is 24.3 Å². The Kier molecular flexibility index (Phi) is 7.11. The number of hydrogen-bond acceptors (Lipinski definition) is 2. The van der Waals surface area contributed by atoms with E-state index >= 15 is 0 Å². The Labute approximate surface area is 109 Å². The fraction of sp³-hybridized carbons (Fsp3) is 0.533. The van der Waals surface area contributed by atoms with E-state index in [1.807, 2.05) is 31.2 Å². The maximum Gasteiger partial charge on any atom is 0.224 e. The average molecular weight is 249 g/mol. The van der Waals surface area contributed by atoms with Crippen LogP contribution in [-0.2, 0) is 11.2 Å². The monoisotopic (exact) mass is 249 g/mol. The van der Waals surface area contributed by atoms with E-state index in [4.69, 9.17) is 5.11 Å². The van der Waals surface area contributed by atoms with Crippen LogP contribution >= 0.6 is 0 Å². The van der Waals surface area contributed by atoms with Gasteiger partial charge in [0.15, 0.2) is 0 Å². The van der Waals surface area contributed by atoms with Gasteiger partial charge in [0.25, 0.3) is 0 Å². The summed E-state index contributed by atoms with van der Waals surface area (Å²) in [5, 5.41) is 11.5. The SMILES string of the molecule is Cc1ccc(CC(=O)NCCCCCCO)cc1. The van der Waals surface area contributed by atoms with Gasteiger partial charge in [0.05, 0.1) is 6.42 Å². The van der Waals surface area contributed by atoms with Crippen molar-refractivity contribution in [2.24, 2.45) is 0 Å². The van der Waals surface area contributed by atoms with E-state index in [-0.39, 0.29) is 12.5 Å². The number of carbonyl (C=O) groups excluding carboxylic acids is 1. The van der Waals surface area contributed by atoms with Crippen LogP contribution < -0.4 is 5.32 Å². The molecular formula is C15H23NO2. The summed E-state index contributed by atoms with van der Waals surface area (Å²) in [4.78, 5) is 11.6. The highest BCUT2D eigenvalue weighted by molar-refractivity contribution is 5.78. The Bertz CT molecular complexity index is 346. The lowest BCUT2D eigenvalue weighted by molar-refractivity contribution is -0.120. The number of benzene rings is 1. The van der Waals surface area contributed by atoms with Crippen LogP contribution in [0.3, 0.4) is 0 Å². The second kappa shape index (κ2) is 8.70. The molecular weight excluding hydrogens is 226 g/mol. The number of rotatable bonds is 8. The van der Waals surface area contributed by atoms with Crippen LogP contribution in [0.4, 0.5) is 0 Å². The van der Waals surface area contributed by atoms with Crippen LogP contribution in [0.1, 0.15) is 36.8 Å². The zero-order valence-corrected chi connectivity index (χ0v) is 11.1. The van der Waals surface area contributed by atoms with Gasteiger partial charge in [-0.1, -0.05) is 42.7 Å². The molecule has 0 atom stereocenters. The molecule has 1 aromatic carbocycles. The summed E-state index contributed by atoms with van der Waals surface area (Å²) in [5.41, 5.74) is 2.27. The minimum atomic E-state index is 0.0843. The summed E-state index contributed by atoms with van der Waals surface area (Å²) in [7, 11) is 0. The molecule has 1 amide bonds. The Morgan fingerprint density at radius 1 is 1.11 bits per heavy atom. The fourth-order valence-electron chi connectivity index (χ4n) is 1.77. The van der Waals surface area contributed by atoms with Crippen LogP contribution in [-0.4, -0.2) is 24.2 Å². The standard InChI is InChI=1S/C15H23NO2/c1-13-6-8-14(9-7-13)12-15(18)16-10-4-2-3-5-11-17/h6-9,17H,2-5,10-12H2,1H3,(H,16,18). The number of hydrogen-bond donors (Lipinski definition) is 2. The van der Waals surface area contributed by atoms with E-state index < -0.39 is 0 Å². The first-order valence-corrected chi connectivity index (χ1v) is 6.65. The molecule has 0 bridgehead atoms. The number of amides is 1. The number of aliphatic hydroxyl groups excluding tert-OH is 1. The molecule has 1 aromatic rings. The third-order valence-corrected chi connectivity index (χ3v) is 2.89. The highest BCUT2D eigenvalue weighted by atomic mass is 16.2. The lowest BCUT2D eigenvalue weighted by Gasteiger charge is -2.05. The average Bonchev–Trinajstić information content (AvgIpc) is 2.36. The molecule has 0 saturated heterocycles. The van der Waals surface area contributed by atoms with E-state index in [2.05, 4.69) is 5.32 Å². The Morgan fingerprint density at radius 2 is 1.78 bits per heavy atom. The van der Waals surface area contributed by atoms with E-state index in [1.165, 1.54) is 5.56 Å². The minimum Gasteiger partial charge on any atom is -0.396 e. The van der Waals surface area contributed by atoms with Crippen molar-refractivity contribution in [3.05, 3.63) is 35.4 Å². The van der Waals surface area contributed by atoms with Gasteiger partial charge in [-0.25, -0.2) is 0 Å². The molecule has 0 aliphatic heterocycles. The molecule has 3 nitrogen and oxygen atoms in total. The smallest absolute Gasteiger partial charge is 0.224 e. The van der Waals surface area contributed by atoms with Crippen molar-refractivity contribution < 1.29 is 9.90 Å². The van der Waals surface area contributed by atoms with Crippen LogP contribution in [0.2, 0.25) is 0 Å². The summed E-state index contributed by atoms with van der Waals surface area (Å²) in [5.74, 6) is 0.0843. The molecule has 0 fully saturated rings. The van der Waals surface area contributed by atoms with E-state index in [0.717, 1.165) is 37.8 Å². The molecule has 100 valence electrons. The first kappa shape index (κ1) is 14.7. The molecule has 0 unspecified atom stereocenters. The molecule has 0 saturated carbocycles. The first-order valence-electron chi connectivity index (χ1n) is 6.65. The maximum atomic E-state index is 11.6. The second-order valence-corrected chi connectivity index (χ2v) is 4.65. The lowest BCUT2D eigenvalue weighted by atomic mass is 10.1. The van der Waals surface area contributed by atoms with Crippen molar-refractivity contribution in [3.8, 4) is 0 Å². The Balaban J connectivity index is 2.12. The molecule has 0 aromatic heterocycles. The van der Waals surface area contributed by atoms with Gasteiger partial charge in [0.1, 0.15) is 0 Å². The topological polar surface area (TPSA) is 49.3 Å². The van der Waals surface area contributed by atoms with E-state index in [1.54, 1.807) is 0 Å². The van der Waals surface area contributed by atoms with Crippen molar-refractivity contribution in [3.63, 3.8) is 0 Å². The highest BCUT2D eigenvalue weighted by Crippen LogP contribution is 2.04. The van der Waals surface area contributed by atoms with Gasteiger partial charge in [-0.15, -0.1) is 0 Å². The number of aliphatic hydroxyl groups is 1. The summed E-state index contributed by atoms with van der Waals surface area (Å²) in [6.07, 6.45) is 4.39. The summed E-state index contributed by atoms with van der Waals surface area (Å²) < 4.78 is 0. The number of carbonyl (C=O) groups is 1. The molecule has 2 N–H and O–H groups in total. The maximum absolute atomic E-state index is 11.6. The van der Waals surface area contributed by atoms with Crippen molar-refractivity contribution in [2.45, 2.75) is 39.0 Å². The molecule has 0 spiro atoms. The van der Waals surface area contributed by atoms with E-state index in [9.17, 15) is 4.79 Å². The van der Waals surface area contributed by atoms with Gasteiger partial charge in [0, 0.05) is 13.2 Å². The first-order chi connectivity index (χ1) is 8.72. The quantitative estimate of drug-likeness (QED) is 0.694. The van der Waals surface area contributed by atoms with Gasteiger partial charge in [-0.05, 0) is 25.3 Å². The zero-order chi connectivity index (χ0) is 13.2. The third-order valence-electron chi connectivity index (χ3n) is 2.89. The highest BCUT2D eigenvalue weighted by Gasteiger charge is 2.02. The minimum absolute atomic E-state index is 0.0843. The van der Waals surface area contributed by atoms with Crippen molar-refractivity contribution in [1.82, 2.24) is 5.32 Å². The number of nitrogens with one attached hydrogen (secondary N) is 1. The fourth-order valence-corrected chi connectivity index (χ4v) is 1.77. The van der Waals surface area contributed by atoms with Crippen LogP contribution in [0, 0.1) is 6.92 Å². The number of aryl methyl sites for hydroxylation is 1. The second-order valence-electron chi connectivity index (χ2n) is 4.65. The van der Waals surface area contributed by atoms with Gasteiger partial charge in [-0.2, -0.15) is 0 Å². The molecule has 3 heteroatoms. The van der Waals surface area contributed by atoms with Crippen molar-refractivity contribution in [2.75, 3.05) is 13.2 Å². The molecule has 0 aliphatic rings.